The molecule has 1 rings (SSSR count). The first-order chi connectivity index (χ1) is 7.08. The van der Waals surface area contributed by atoms with Crippen molar-refractivity contribution in [2.75, 3.05) is 0 Å². The summed E-state index contributed by atoms with van der Waals surface area (Å²) in [5.41, 5.74) is 0.867. The van der Waals surface area contributed by atoms with E-state index in [2.05, 4.69) is 13.8 Å². The lowest BCUT2D eigenvalue weighted by Gasteiger charge is -2.12. The number of hydrogen-bond donors (Lipinski definition) is 1. The quantitative estimate of drug-likeness (QED) is 0.791. The van der Waals surface area contributed by atoms with E-state index in [1.54, 1.807) is 6.07 Å². The number of benzene rings is 1. The fraction of sp³-hybridized carbons (Fsp3) is 0.538. The van der Waals surface area contributed by atoms with E-state index in [1.807, 2.05) is 6.07 Å². The highest BCUT2D eigenvalue weighted by Crippen LogP contribution is 2.12. The SMILES string of the molecule is CC(C)CCC(O)Cc1cccc(F)c1. The zero-order valence-corrected chi connectivity index (χ0v) is 9.41. The molecule has 1 unspecified atom stereocenters. The van der Waals surface area contributed by atoms with Gasteiger partial charge >= 0.3 is 0 Å². The number of aliphatic hydroxyl groups is 1. The Morgan fingerprint density at radius 3 is 2.60 bits per heavy atom. The molecule has 1 N–H and O–H groups in total. The van der Waals surface area contributed by atoms with Crippen LogP contribution >= 0.6 is 0 Å². The molecule has 1 atom stereocenters. The van der Waals surface area contributed by atoms with Crippen molar-refractivity contribution in [1.82, 2.24) is 0 Å². The summed E-state index contributed by atoms with van der Waals surface area (Å²) >= 11 is 0. The highest BCUT2D eigenvalue weighted by molar-refractivity contribution is 5.16. The molecule has 84 valence electrons. The summed E-state index contributed by atoms with van der Waals surface area (Å²) in [4.78, 5) is 0. The van der Waals surface area contributed by atoms with Crippen LogP contribution in [0.1, 0.15) is 32.3 Å². The van der Waals surface area contributed by atoms with Gasteiger partial charge in [-0.3, -0.25) is 0 Å². The van der Waals surface area contributed by atoms with Gasteiger partial charge in [0.1, 0.15) is 5.82 Å². The highest BCUT2D eigenvalue weighted by atomic mass is 19.1. The van der Waals surface area contributed by atoms with E-state index in [-0.39, 0.29) is 11.9 Å². The Morgan fingerprint density at radius 1 is 1.27 bits per heavy atom. The first-order valence-corrected chi connectivity index (χ1v) is 5.50. The smallest absolute Gasteiger partial charge is 0.123 e. The van der Waals surface area contributed by atoms with Crippen LogP contribution in [0, 0.1) is 11.7 Å². The lowest BCUT2D eigenvalue weighted by molar-refractivity contribution is 0.157. The topological polar surface area (TPSA) is 20.2 Å². The first-order valence-electron chi connectivity index (χ1n) is 5.50. The first kappa shape index (κ1) is 12.2. The van der Waals surface area contributed by atoms with Gasteiger partial charge in [-0.15, -0.1) is 0 Å². The molecule has 0 aliphatic rings. The van der Waals surface area contributed by atoms with Gasteiger partial charge in [0.05, 0.1) is 6.10 Å². The van der Waals surface area contributed by atoms with Crippen LogP contribution in [0.2, 0.25) is 0 Å². The predicted molar refractivity (Wildman–Crippen MR) is 60.2 cm³/mol. The van der Waals surface area contributed by atoms with Crippen LogP contribution in [-0.4, -0.2) is 11.2 Å². The maximum Gasteiger partial charge on any atom is 0.123 e. The van der Waals surface area contributed by atoms with Crippen LogP contribution in [0.5, 0.6) is 0 Å². The maximum absolute atomic E-state index is 12.9. The summed E-state index contributed by atoms with van der Waals surface area (Å²) in [5, 5.41) is 9.72. The Bertz CT molecular complexity index is 296. The molecule has 0 amide bonds. The standard InChI is InChI=1S/C13H19FO/c1-10(2)6-7-13(15)9-11-4-3-5-12(14)8-11/h3-5,8,10,13,15H,6-7,9H2,1-2H3. The summed E-state index contributed by atoms with van der Waals surface area (Å²) < 4.78 is 12.9. The Balaban J connectivity index is 2.40. The highest BCUT2D eigenvalue weighted by Gasteiger charge is 2.07. The van der Waals surface area contributed by atoms with Gasteiger partial charge in [-0.05, 0) is 42.9 Å². The minimum atomic E-state index is -0.353. The van der Waals surface area contributed by atoms with Crippen molar-refractivity contribution in [3.05, 3.63) is 35.6 Å². The lowest BCUT2D eigenvalue weighted by atomic mass is 10.00. The molecule has 1 aromatic carbocycles. The van der Waals surface area contributed by atoms with E-state index in [0.29, 0.717) is 12.3 Å². The summed E-state index contributed by atoms with van der Waals surface area (Å²) in [6, 6.07) is 6.43. The van der Waals surface area contributed by atoms with Gasteiger partial charge < -0.3 is 5.11 Å². The summed E-state index contributed by atoms with van der Waals surface area (Å²) in [6.45, 7) is 4.27. The molecular weight excluding hydrogens is 191 g/mol. The van der Waals surface area contributed by atoms with Crippen LogP contribution in [-0.2, 0) is 6.42 Å². The van der Waals surface area contributed by atoms with Gasteiger partial charge in [-0.1, -0.05) is 26.0 Å². The second-order valence-corrected chi connectivity index (χ2v) is 4.46. The summed E-state index contributed by atoms with van der Waals surface area (Å²) in [7, 11) is 0. The molecule has 1 aromatic rings. The normalized spacial score (nSPS) is 13.1. The molecule has 15 heavy (non-hydrogen) atoms. The van der Waals surface area contributed by atoms with E-state index in [1.165, 1.54) is 12.1 Å². The molecule has 0 fully saturated rings. The molecule has 0 radical (unpaired) electrons. The number of rotatable bonds is 5. The minimum Gasteiger partial charge on any atom is -0.393 e. The van der Waals surface area contributed by atoms with Crippen molar-refractivity contribution < 1.29 is 9.50 Å². The van der Waals surface area contributed by atoms with Gasteiger partial charge in [0.2, 0.25) is 0 Å². The number of halogens is 1. The monoisotopic (exact) mass is 210 g/mol. The molecule has 0 saturated carbocycles. The maximum atomic E-state index is 12.9. The lowest BCUT2D eigenvalue weighted by Crippen LogP contribution is -2.11. The molecule has 2 heteroatoms. The van der Waals surface area contributed by atoms with Crippen molar-refractivity contribution in [3.63, 3.8) is 0 Å². The third-order valence-electron chi connectivity index (χ3n) is 2.44. The molecular formula is C13H19FO. The number of hydrogen-bond acceptors (Lipinski definition) is 1. The van der Waals surface area contributed by atoms with Crippen LogP contribution in [0.3, 0.4) is 0 Å². The van der Waals surface area contributed by atoms with E-state index >= 15 is 0 Å². The summed E-state index contributed by atoms with van der Waals surface area (Å²) in [6.07, 6.45) is 1.99. The molecule has 0 aliphatic heterocycles. The Hall–Kier alpha value is -0.890. The fourth-order valence-electron chi connectivity index (χ4n) is 1.56. The average Bonchev–Trinajstić information content (AvgIpc) is 2.15. The van der Waals surface area contributed by atoms with Crippen LogP contribution in [0.4, 0.5) is 4.39 Å². The van der Waals surface area contributed by atoms with Crippen molar-refractivity contribution in [3.8, 4) is 0 Å². The molecule has 0 heterocycles. The number of aliphatic hydroxyl groups excluding tert-OH is 1. The van der Waals surface area contributed by atoms with Crippen molar-refractivity contribution in [2.24, 2.45) is 5.92 Å². The molecule has 0 aliphatic carbocycles. The molecule has 1 nitrogen and oxygen atoms in total. The second-order valence-electron chi connectivity index (χ2n) is 4.46. The molecule has 0 aromatic heterocycles. The van der Waals surface area contributed by atoms with E-state index in [9.17, 15) is 9.50 Å². The van der Waals surface area contributed by atoms with Gasteiger partial charge in [0, 0.05) is 0 Å². The van der Waals surface area contributed by atoms with Crippen molar-refractivity contribution in [1.29, 1.82) is 0 Å². The van der Waals surface area contributed by atoms with Gasteiger partial charge in [-0.25, -0.2) is 4.39 Å². The van der Waals surface area contributed by atoms with Gasteiger partial charge in [-0.2, -0.15) is 0 Å². The second kappa shape index (κ2) is 5.86. The van der Waals surface area contributed by atoms with Crippen molar-refractivity contribution in [2.45, 2.75) is 39.2 Å². The zero-order valence-electron chi connectivity index (χ0n) is 9.41. The van der Waals surface area contributed by atoms with Gasteiger partial charge in [0.15, 0.2) is 0 Å². The van der Waals surface area contributed by atoms with Crippen LogP contribution < -0.4 is 0 Å². The predicted octanol–water partition coefficient (Wildman–Crippen LogP) is 3.17. The Morgan fingerprint density at radius 2 is 2.00 bits per heavy atom. The third kappa shape index (κ3) is 4.93. The van der Waals surface area contributed by atoms with Crippen LogP contribution in [0.15, 0.2) is 24.3 Å². The largest absolute Gasteiger partial charge is 0.393 e. The molecule has 0 saturated heterocycles. The van der Waals surface area contributed by atoms with Gasteiger partial charge in [0.25, 0.3) is 0 Å². The van der Waals surface area contributed by atoms with Crippen LogP contribution in [0.25, 0.3) is 0 Å². The van der Waals surface area contributed by atoms with E-state index in [4.69, 9.17) is 0 Å². The fourth-order valence-corrected chi connectivity index (χ4v) is 1.56. The minimum absolute atomic E-state index is 0.233. The van der Waals surface area contributed by atoms with E-state index < -0.39 is 0 Å². The summed E-state index contributed by atoms with van der Waals surface area (Å²) in [5.74, 6) is 0.371. The van der Waals surface area contributed by atoms with E-state index in [0.717, 1.165) is 18.4 Å². The molecule has 0 spiro atoms. The molecule has 0 bridgehead atoms. The average molecular weight is 210 g/mol. The van der Waals surface area contributed by atoms with Crippen molar-refractivity contribution >= 4 is 0 Å². The Labute approximate surface area is 90.9 Å². The zero-order chi connectivity index (χ0) is 11.3. The third-order valence-corrected chi connectivity index (χ3v) is 2.44. The Kier molecular flexibility index (Phi) is 4.76.